The topological polar surface area (TPSA) is 41.0 Å². The van der Waals surface area contributed by atoms with Gasteiger partial charge in [-0.1, -0.05) is 30.3 Å². The Hall–Kier alpha value is -1.78. The monoisotopic (exact) mass is 254 g/mol. The Morgan fingerprint density at radius 3 is 2.74 bits per heavy atom. The average Bonchev–Trinajstić information content (AvgIpc) is 2.50. The summed E-state index contributed by atoms with van der Waals surface area (Å²) in [5.41, 5.74) is 2.54. The first kappa shape index (κ1) is 12.3. The highest BCUT2D eigenvalue weighted by Gasteiger charge is 2.23. The summed E-state index contributed by atoms with van der Waals surface area (Å²) in [6.07, 6.45) is 5.38. The summed E-state index contributed by atoms with van der Waals surface area (Å²) in [6, 6.07) is 11.1. The number of benzene rings is 1. The Kier molecular flexibility index (Phi) is 3.81. The number of piperazine rings is 1. The molecule has 3 rings (SSSR count). The van der Waals surface area contributed by atoms with Crippen molar-refractivity contribution in [3.05, 3.63) is 60.2 Å². The van der Waals surface area contributed by atoms with Gasteiger partial charge in [-0.05, 0) is 5.56 Å². The molecule has 2 aromatic rings. The van der Waals surface area contributed by atoms with Gasteiger partial charge in [0.25, 0.3) is 0 Å². The molecular weight excluding hydrogens is 236 g/mol. The molecule has 1 aromatic carbocycles. The lowest BCUT2D eigenvalue weighted by Gasteiger charge is -2.36. The van der Waals surface area contributed by atoms with Crippen molar-refractivity contribution < 1.29 is 0 Å². The third kappa shape index (κ3) is 2.97. The lowest BCUT2D eigenvalue weighted by atomic mass is 10.0. The van der Waals surface area contributed by atoms with Gasteiger partial charge >= 0.3 is 0 Å². The predicted molar refractivity (Wildman–Crippen MR) is 74.5 cm³/mol. The van der Waals surface area contributed by atoms with Crippen LogP contribution in [0.15, 0.2) is 49.1 Å². The lowest BCUT2D eigenvalue weighted by Crippen LogP contribution is -2.45. The van der Waals surface area contributed by atoms with E-state index in [1.165, 1.54) is 11.1 Å². The smallest absolute Gasteiger partial charge is 0.115 e. The van der Waals surface area contributed by atoms with Crippen LogP contribution in [-0.2, 0) is 6.54 Å². The number of aromatic nitrogens is 2. The van der Waals surface area contributed by atoms with Crippen LogP contribution in [0, 0.1) is 0 Å². The third-order valence-electron chi connectivity index (χ3n) is 3.54. The minimum Gasteiger partial charge on any atom is -0.314 e. The molecule has 0 aliphatic carbocycles. The van der Waals surface area contributed by atoms with Gasteiger partial charge in [-0.15, -0.1) is 0 Å². The van der Waals surface area contributed by atoms with Gasteiger partial charge in [-0.2, -0.15) is 0 Å². The molecule has 1 atom stereocenters. The minimum atomic E-state index is 0.426. The van der Waals surface area contributed by atoms with Gasteiger partial charge in [0.1, 0.15) is 6.33 Å². The molecule has 4 nitrogen and oxygen atoms in total. The van der Waals surface area contributed by atoms with E-state index >= 15 is 0 Å². The fraction of sp³-hybridized carbons (Fsp3) is 0.333. The normalized spacial score (nSPS) is 20.3. The molecule has 1 aromatic heterocycles. The van der Waals surface area contributed by atoms with Gasteiger partial charge in [0, 0.05) is 50.2 Å². The highest BCUT2D eigenvalue weighted by molar-refractivity contribution is 5.20. The van der Waals surface area contributed by atoms with Crippen molar-refractivity contribution >= 4 is 0 Å². The van der Waals surface area contributed by atoms with Gasteiger partial charge in [0.05, 0.1) is 0 Å². The zero-order chi connectivity index (χ0) is 12.9. The number of hydrogen-bond acceptors (Lipinski definition) is 4. The second kappa shape index (κ2) is 5.91. The number of nitrogens with one attached hydrogen (secondary N) is 1. The summed E-state index contributed by atoms with van der Waals surface area (Å²) in [5, 5.41) is 3.48. The van der Waals surface area contributed by atoms with Crippen molar-refractivity contribution in [3.63, 3.8) is 0 Å². The maximum Gasteiger partial charge on any atom is 0.115 e. The highest BCUT2D eigenvalue weighted by Crippen LogP contribution is 2.23. The maximum absolute atomic E-state index is 4.09. The number of hydrogen-bond donors (Lipinski definition) is 1. The molecular formula is C15H18N4. The predicted octanol–water partition coefficient (Wildman–Crippen LogP) is 1.62. The Morgan fingerprint density at radius 1 is 1.16 bits per heavy atom. The van der Waals surface area contributed by atoms with Crippen molar-refractivity contribution in [1.29, 1.82) is 0 Å². The van der Waals surface area contributed by atoms with Crippen molar-refractivity contribution in [1.82, 2.24) is 20.2 Å². The van der Waals surface area contributed by atoms with E-state index in [4.69, 9.17) is 0 Å². The molecule has 1 N–H and O–H groups in total. The van der Waals surface area contributed by atoms with E-state index in [0.717, 1.165) is 26.2 Å². The second-order valence-electron chi connectivity index (χ2n) is 4.85. The summed E-state index contributed by atoms with van der Waals surface area (Å²) in [7, 11) is 0. The van der Waals surface area contributed by atoms with Crippen LogP contribution >= 0.6 is 0 Å². The molecule has 1 saturated heterocycles. The summed E-state index contributed by atoms with van der Waals surface area (Å²) in [6.45, 7) is 3.99. The van der Waals surface area contributed by atoms with E-state index in [0.29, 0.717) is 6.04 Å². The SMILES string of the molecule is c1ccc([C@@H]2CNCCN2Cc2cncnc2)cc1. The van der Waals surface area contributed by atoms with Crippen LogP contribution in [0.4, 0.5) is 0 Å². The first-order chi connectivity index (χ1) is 9.43. The Labute approximate surface area is 113 Å². The molecule has 1 fully saturated rings. The van der Waals surface area contributed by atoms with E-state index in [1.807, 2.05) is 12.4 Å². The van der Waals surface area contributed by atoms with E-state index in [-0.39, 0.29) is 0 Å². The minimum absolute atomic E-state index is 0.426. The van der Waals surface area contributed by atoms with Crippen LogP contribution < -0.4 is 5.32 Å². The van der Waals surface area contributed by atoms with Crippen LogP contribution in [0.2, 0.25) is 0 Å². The van der Waals surface area contributed by atoms with Crippen LogP contribution in [0.3, 0.4) is 0 Å². The summed E-state index contributed by atoms with van der Waals surface area (Å²) in [5.74, 6) is 0. The summed E-state index contributed by atoms with van der Waals surface area (Å²) < 4.78 is 0. The fourth-order valence-electron chi connectivity index (χ4n) is 2.59. The average molecular weight is 254 g/mol. The van der Waals surface area contributed by atoms with Gasteiger partial charge in [0.2, 0.25) is 0 Å². The quantitative estimate of drug-likeness (QED) is 0.903. The van der Waals surface area contributed by atoms with Crippen molar-refractivity contribution in [2.75, 3.05) is 19.6 Å². The van der Waals surface area contributed by atoms with Crippen LogP contribution in [0.1, 0.15) is 17.2 Å². The molecule has 19 heavy (non-hydrogen) atoms. The molecule has 0 spiro atoms. The first-order valence-electron chi connectivity index (χ1n) is 6.67. The second-order valence-corrected chi connectivity index (χ2v) is 4.85. The van der Waals surface area contributed by atoms with Crippen molar-refractivity contribution in [2.45, 2.75) is 12.6 Å². The van der Waals surface area contributed by atoms with E-state index < -0.39 is 0 Å². The molecule has 0 unspecified atom stereocenters. The maximum atomic E-state index is 4.09. The molecule has 0 bridgehead atoms. The molecule has 0 amide bonds. The zero-order valence-corrected chi connectivity index (χ0v) is 10.9. The fourth-order valence-corrected chi connectivity index (χ4v) is 2.59. The molecule has 0 saturated carbocycles. The van der Waals surface area contributed by atoms with E-state index in [2.05, 4.69) is 50.5 Å². The zero-order valence-electron chi connectivity index (χ0n) is 10.9. The van der Waals surface area contributed by atoms with Crippen LogP contribution in [-0.4, -0.2) is 34.5 Å². The van der Waals surface area contributed by atoms with Gasteiger partial charge in [-0.3, -0.25) is 4.90 Å². The molecule has 2 heterocycles. The van der Waals surface area contributed by atoms with Gasteiger partial charge < -0.3 is 5.32 Å². The van der Waals surface area contributed by atoms with Crippen molar-refractivity contribution in [3.8, 4) is 0 Å². The summed E-state index contributed by atoms with van der Waals surface area (Å²) >= 11 is 0. The van der Waals surface area contributed by atoms with Crippen LogP contribution in [0.5, 0.6) is 0 Å². The standard InChI is InChI=1S/C15H18N4/c1-2-4-14(5-3-1)15-10-16-6-7-19(15)11-13-8-17-12-18-9-13/h1-5,8-9,12,15-16H,6-7,10-11H2/t15-/m0/s1. The molecule has 0 radical (unpaired) electrons. The number of rotatable bonds is 3. The Bertz CT molecular complexity index is 500. The Morgan fingerprint density at radius 2 is 1.95 bits per heavy atom. The third-order valence-corrected chi connectivity index (χ3v) is 3.54. The van der Waals surface area contributed by atoms with Gasteiger partial charge in [-0.25, -0.2) is 9.97 Å². The van der Waals surface area contributed by atoms with Gasteiger partial charge in [0.15, 0.2) is 0 Å². The molecule has 98 valence electrons. The lowest BCUT2D eigenvalue weighted by molar-refractivity contribution is 0.153. The van der Waals surface area contributed by atoms with Crippen molar-refractivity contribution in [2.24, 2.45) is 0 Å². The number of nitrogens with zero attached hydrogens (tertiary/aromatic N) is 3. The molecule has 1 aliphatic heterocycles. The van der Waals surface area contributed by atoms with Crippen LogP contribution in [0.25, 0.3) is 0 Å². The van der Waals surface area contributed by atoms with E-state index in [9.17, 15) is 0 Å². The Balaban J connectivity index is 1.78. The van der Waals surface area contributed by atoms with E-state index in [1.54, 1.807) is 6.33 Å². The highest BCUT2D eigenvalue weighted by atomic mass is 15.2. The molecule has 1 aliphatic rings. The first-order valence-corrected chi connectivity index (χ1v) is 6.67. The summed E-state index contributed by atoms with van der Waals surface area (Å²) in [4.78, 5) is 10.7. The largest absolute Gasteiger partial charge is 0.314 e. The molecule has 4 heteroatoms.